The Hall–Kier alpha value is -3.15. The van der Waals surface area contributed by atoms with Gasteiger partial charge in [0.15, 0.2) is 0 Å². The summed E-state index contributed by atoms with van der Waals surface area (Å²) >= 11 is 0. The van der Waals surface area contributed by atoms with Crippen LogP contribution in [0.3, 0.4) is 0 Å². The molecule has 0 spiro atoms. The van der Waals surface area contributed by atoms with Crippen LogP contribution < -0.4 is 5.32 Å². The number of nitrogens with zero attached hydrogens (tertiary/aromatic N) is 3. The summed E-state index contributed by atoms with van der Waals surface area (Å²) in [5.41, 5.74) is 6.09. The molecule has 1 aromatic heterocycles. The monoisotopic (exact) mass is 320 g/mol. The maximum atomic E-state index is 11.1. The highest BCUT2D eigenvalue weighted by molar-refractivity contribution is 5.79. The van der Waals surface area contributed by atoms with Gasteiger partial charge in [-0.25, -0.2) is 4.68 Å². The average molecular weight is 320 g/mol. The Morgan fingerprint density at radius 2 is 2.00 bits per heavy atom. The Balaban J connectivity index is 1.88. The molecule has 1 aliphatic rings. The quantitative estimate of drug-likeness (QED) is 0.571. The molecule has 6 heteroatoms. The Morgan fingerprint density at radius 1 is 1.17 bits per heavy atom. The van der Waals surface area contributed by atoms with Crippen LogP contribution in [-0.2, 0) is 0 Å². The van der Waals surface area contributed by atoms with E-state index in [9.17, 15) is 10.1 Å². The molecule has 2 aromatic carbocycles. The summed E-state index contributed by atoms with van der Waals surface area (Å²) in [5.74, 6) is 0. The second kappa shape index (κ2) is 5.19. The van der Waals surface area contributed by atoms with Gasteiger partial charge in [0, 0.05) is 28.9 Å². The first-order chi connectivity index (χ1) is 11.5. The molecule has 120 valence electrons. The molecule has 1 unspecified atom stereocenters. The predicted molar refractivity (Wildman–Crippen MR) is 92.0 cm³/mol. The summed E-state index contributed by atoms with van der Waals surface area (Å²) in [7, 11) is 0. The Labute approximate surface area is 138 Å². The van der Waals surface area contributed by atoms with Crippen LogP contribution in [0.25, 0.3) is 11.3 Å². The van der Waals surface area contributed by atoms with Crippen LogP contribution in [0.1, 0.15) is 23.0 Å². The summed E-state index contributed by atoms with van der Waals surface area (Å²) in [6.45, 7) is 4.01. The summed E-state index contributed by atoms with van der Waals surface area (Å²) in [6.07, 6.45) is -0.274. The van der Waals surface area contributed by atoms with Crippen molar-refractivity contribution in [1.29, 1.82) is 0 Å². The van der Waals surface area contributed by atoms with Crippen molar-refractivity contribution in [1.82, 2.24) is 9.78 Å². The van der Waals surface area contributed by atoms with E-state index in [1.807, 2.05) is 29.8 Å². The van der Waals surface area contributed by atoms with Crippen LogP contribution in [0.2, 0.25) is 0 Å². The molecule has 6 nitrogen and oxygen atoms in total. The molecule has 0 saturated heterocycles. The third-order valence-corrected chi connectivity index (χ3v) is 4.24. The van der Waals surface area contributed by atoms with E-state index >= 15 is 0 Å². The van der Waals surface area contributed by atoms with Gasteiger partial charge in [-0.15, -0.1) is 0 Å². The van der Waals surface area contributed by atoms with Crippen molar-refractivity contribution in [2.24, 2.45) is 0 Å². The predicted octanol–water partition coefficient (Wildman–Crippen LogP) is 4.05. The maximum absolute atomic E-state index is 11.1. The number of anilines is 1. The second-order valence-electron chi connectivity index (χ2n) is 6.06. The van der Waals surface area contributed by atoms with Gasteiger partial charge in [-0.05, 0) is 32.0 Å². The molecule has 0 aliphatic carbocycles. The van der Waals surface area contributed by atoms with E-state index in [0.29, 0.717) is 0 Å². The number of nitro benzene ring substituents is 1. The fraction of sp³-hybridized carbons (Fsp3) is 0.167. The van der Waals surface area contributed by atoms with Gasteiger partial charge in [-0.2, -0.15) is 5.10 Å². The molecule has 1 N–H and O–H groups in total. The second-order valence-corrected chi connectivity index (χ2v) is 6.06. The number of nitrogens with one attached hydrogen (secondary N) is 1. The molecule has 1 aliphatic heterocycles. The lowest BCUT2D eigenvalue weighted by Crippen LogP contribution is -2.25. The van der Waals surface area contributed by atoms with Gasteiger partial charge in [-0.3, -0.25) is 10.1 Å². The van der Waals surface area contributed by atoms with Crippen LogP contribution in [-0.4, -0.2) is 14.7 Å². The first kappa shape index (κ1) is 14.4. The minimum Gasteiger partial charge on any atom is -0.359 e. The molecule has 0 saturated carbocycles. The minimum atomic E-state index is -0.376. The molecule has 2 heterocycles. The third kappa shape index (κ3) is 2.23. The Kier molecular flexibility index (Phi) is 3.13. The highest BCUT2D eigenvalue weighted by Crippen LogP contribution is 2.39. The van der Waals surface area contributed by atoms with Crippen LogP contribution in [0, 0.1) is 24.0 Å². The number of rotatable bonds is 2. The van der Waals surface area contributed by atoms with Crippen LogP contribution >= 0.6 is 0 Å². The van der Waals surface area contributed by atoms with E-state index < -0.39 is 0 Å². The van der Waals surface area contributed by atoms with Gasteiger partial charge in [0.25, 0.3) is 5.69 Å². The lowest BCUT2D eigenvalue weighted by Gasteiger charge is -2.29. The van der Waals surface area contributed by atoms with E-state index in [0.717, 1.165) is 28.2 Å². The lowest BCUT2D eigenvalue weighted by atomic mass is 10.0. The summed E-state index contributed by atoms with van der Waals surface area (Å²) in [6, 6.07) is 14.9. The average Bonchev–Trinajstić information content (AvgIpc) is 2.96. The van der Waals surface area contributed by atoms with Gasteiger partial charge in [0.05, 0.1) is 16.3 Å². The lowest BCUT2D eigenvalue weighted by molar-refractivity contribution is -0.384. The van der Waals surface area contributed by atoms with E-state index in [1.54, 1.807) is 12.1 Å². The molecule has 4 rings (SSSR count). The highest BCUT2D eigenvalue weighted by Gasteiger charge is 2.27. The number of benzene rings is 2. The number of hydrogen-bond donors (Lipinski definition) is 1. The van der Waals surface area contributed by atoms with Gasteiger partial charge in [0.1, 0.15) is 6.17 Å². The van der Waals surface area contributed by atoms with Crippen LogP contribution in [0.15, 0.2) is 48.5 Å². The smallest absolute Gasteiger partial charge is 0.269 e. The minimum absolute atomic E-state index is 0.0782. The topological polar surface area (TPSA) is 73.0 Å². The number of aryl methyl sites for hydroxylation is 2. The van der Waals surface area contributed by atoms with Crippen molar-refractivity contribution in [3.63, 3.8) is 0 Å². The van der Waals surface area contributed by atoms with Crippen molar-refractivity contribution in [2.45, 2.75) is 20.0 Å². The van der Waals surface area contributed by atoms with Crippen molar-refractivity contribution in [3.05, 3.63) is 75.5 Å². The molecular formula is C18H16N4O2. The van der Waals surface area contributed by atoms with Gasteiger partial charge >= 0.3 is 0 Å². The zero-order valence-corrected chi connectivity index (χ0v) is 13.4. The number of hydrogen-bond acceptors (Lipinski definition) is 4. The zero-order valence-electron chi connectivity index (χ0n) is 13.4. The van der Waals surface area contributed by atoms with Crippen molar-refractivity contribution in [3.8, 4) is 11.3 Å². The summed E-state index contributed by atoms with van der Waals surface area (Å²) in [5, 5.41) is 19.1. The third-order valence-electron chi connectivity index (χ3n) is 4.24. The fourth-order valence-corrected chi connectivity index (χ4v) is 3.15. The Bertz CT molecular complexity index is 961. The summed E-state index contributed by atoms with van der Waals surface area (Å²) < 4.78 is 1.90. The normalized spacial score (nSPS) is 15.3. The molecule has 0 radical (unpaired) electrons. The Morgan fingerprint density at radius 3 is 2.79 bits per heavy atom. The summed E-state index contributed by atoms with van der Waals surface area (Å²) in [4.78, 5) is 10.7. The molecular weight excluding hydrogens is 304 g/mol. The van der Waals surface area contributed by atoms with Crippen LogP contribution in [0.4, 0.5) is 11.4 Å². The molecule has 1 atom stereocenters. The number of nitro groups is 1. The molecule has 3 aromatic rings. The molecule has 0 bridgehead atoms. The van der Waals surface area contributed by atoms with Crippen LogP contribution in [0.5, 0.6) is 0 Å². The first-order valence-corrected chi connectivity index (χ1v) is 7.71. The fourth-order valence-electron chi connectivity index (χ4n) is 3.15. The largest absolute Gasteiger partial charge is 0.359 e. The van der Waals surface area contributed by atoms with Crippen molar-refractivity contribution < 1.29 is 4.92 Å². The number of aromatic nitrogens is 2. The molecule has 0 fully saturated rings. The van der Waals surface area contributed by atoms with Crippen molar-refractivity contribution >= 4 is 11.4 Å². The van der Waals surface area contributed by atoms with Gasteiger partial charge < -0.3 is 5.32 Å². The molecule has 24 heavy (non-hydrogen) atoms. The zero-order chi connectivity index (χ0) is 16.8. The van der Waals surface area contributed by atoms with E-state index in [-0.39, 0.29) is 16.8 Å². The van der Waals surface area contributed by atoms with Gasteiger partial charge in [-0.1, -0.05) is 23.8 Å². The van der Waals surface area contributed by atoms with E-state index in [1.165, 1.54) is 11.6 Å². The highest BCUT2D eigenvalue weighted by atomic mass is 16.6. The van der Waals surface area contributed by atoms with Crippen molar-refractivity contribution in [2.75, 3.05) is 5.32 Å². The standard InChI is InChI=1S/C18H16N4O2/c1-11-6-7-16-15(8-11)17-9-12(2)20-21(17)18(19-16)13-4-3-5-14(10-13)22(23)24/h3-10,18-19H,1-2H3. The SMILES string of the molecule is Cc1ccc2c(c1)-c1cc(C)nn1C(c1cccc([N+](=O)[O-])c1)N2. The van der Waals surface area contributed by atoms with E-state index in [2.05, 4.69) is 29.5 Å². The number of non-ortho nitro benzene ring substituents is 1. The number of fused-ring (bicyclic) bond motifs is 3. The first-order valence-electron chi connectivity index (χ1n) is 7.71. The molecule has 0 amide bonds. The van der Waals surface area contributed by atoms with Gasteiger partial charge in [0.2, 0.25) is 0 Å². The maximum Gasteiger partial charge on any atom is 0.269 e. The van der Waals surface area contributed by atoms with E-state index in [4.69, 9.17) is 0 Å².